The molecule has 1 unspecified atom stereocenters. The summed E-state index contributed by atoms with van der Waals surface area (Å²) < 4.78 is 5.83. The number of benzene rings is 1. The summed E-state index contributed by atoms with van der Waals surface area (Å²) in [4.78, 5) is 4.84. The molecule has 1 aliphatic heterocycles. The molecule has 1 heterocycles. The van der Waals surface area contributed by atoms with Crippen molar-refractivity contribution >= 4 is 0 Å². The lowest BCUT2D eigenvalue weighted by Gasteiger charge is -2.43. The number of hydrogen-bond acceptors (Lipinski definition) is 5. The van der Waals surface area contributed by atoms with Crippen LogP contribution < -0.4 is 4.74 Å². The highest BCUT2D eigenvalue weighted by Gasteiger charge is 2.40. The van der Waals surface area contributed by atoms with Gasteiger partial charge < -0.3 is 19.6 Å². The Morgan fingerprint density at radius 2 is 1.90 bits per heavy atom. The third kappa shape index (κ3) is 5.72. The number of rotatable bonds is 8. The highest BCUT2D eigenvalue weighted by molar-refractivity contribution is 5.47. The molecule has 0 aromatic heterocycles. The zero-order valence-corrected chi connectivity index (χ0v) is 18.2. The van der Waals surface area contributed by atoms with E-state index in [2.05, 4.69) is 35.9 Å². The number of piperazine rings is 1. The van der Waals surface area contributed by atoms with Crippen molar-refractivity contribution in [1.82, 2.24) is 9.80 Å². The second-order valence-corrected chi connectivity index (χ2v) is 8.89. The van der Waals surface area contributed by atoms with E-state index in [4.69, 9.17) is 4.74 Å². The Bertz CT molecular complexity index is 686. The van der Waals surface area contributed by atoms with Gasteiger partial charge in [-0.05, 0) is 44.0 Å². The van der Waals surface area contributed by atoms with Crippen molar-refractivity contribution in [3.63, 3.8) is 0 Å². The first-order valence-electron chi connectivity index (χ1n) is 11.4. The van der Waals surface area contributed by atoms with Crippen LogP contribution in [0.3, 0.4) is 0 Å². The molecule has 29 heavy (non-hydrogen) atoms. The molecule has 0 spiro atoms. The molecule has 5 nitrogen and oxygen atoms in total. The van der Waals surface area contributed by atoms with Crippen molar-refractivity contribution in [1.29, 1.82) is 5.26 Å². The largest absolute Gasteiger partial charge is 0.492 e. The minimum atomic E-state index is -0.682. The SMILES string of the molecule is CCCCOc1ccc(C(CN2CCN(C)CC2)C2(O)CCCCC2)cc1C#N. The van der Waals surface area contributed by atoms with Gasteiger partial charge in [0, 0.05) is 38.6 Å². The van der Waals surface area contributed by atoms with Gasteiger partial charge in [-0.25, -0.2) is 0 Å². The lowest BCUT2D eigenvalue weighted by atomic mass is 9.72. The second-order valence-electron chi connectivity index (χ2n) is 8.89. The Labute approximate surface area is 176 Å². The predicted molar refractivity (Wildman–Crippen MR) is 116 cm³/mol. The Hall–Kier alpha value is -1.61. The van der Waals surface area contributed by atoms with Crippen molar-refractivity contribution < 1.29 is 9.84 Å². The molecule has 1 saturated carbocycles. The molecule has 1 atom stereocenters. The molecule has 160 valence electrons. The van der Waals surface area contributed by atoms with Crippen molar-refractivity contribution in [3.05, 3.63) is 29.3 Å². The summed E-state index contributed by atoms with van der Waals surface area (Å²) in [5, 5.41) is 21.3. The summed E-state index contributed by atoms with van der Waals surface area (Å²) in [5.74, 6) is 0.696. The summed E-state index contributed by atoms with van der Waals surface area (Å²) in [6, 6.07) is 8.30. The van der Waals surface area contributed by atoms with Crippen LogP contribution in [0.2, 0.25) is 0 Å². The molecule has 2 aliphatic rings. The Balaban J connectivity index is 1.83. The van der Waals surface area contributed by atoms with Crippen LogP contribution in [-0.2, 0) is 0 Å². The van der Waals surface area contributed by atoms with Crippen LogP contribution in [0.25, 0.3) is 0 Å². The van der Waals surface area contributed by atoms with Gasteiger partial charge in [0.05, 0.1) is 17.8 Å². The van der Waals surface area contributed by atoms with Crippen LogP contribution in [0.5, 0.6) is 5.75 Å². The van der Waals surface area contributed by atoms with E-state index in [1.165, 1.54) is 6.42 Å². The quantitative estimate of drug-likeness (QED) is 0.675. The van der Waals surface area contributed by atoms with Gasteiger partial charge in [-0.2, -0.15) is 5.26 Å². The minimum absolute atomic E-state index is 0.0306. The molecule has 1 aliphatic carbocycles. The van der Waals surface area contributed by atoms with E-state index in [0.717, 1.165) is 76.8 Å². The fourth-order valence-corrected chi connectivity index (χ4v) is 4.69. The molecule has 0 amide bonds. The van der Waals surface area contributed by atoms with Crippen molar-refractivity contribution in [3.8, 4) is 11.8 Å². The molecule has 0 radical (unpaired) electrons. The number of ether oxygens (including phenoxy) is 1. The summed E-state index contributed by atoms with van der Waals surface area (Å²) in [6.45, 7) is 7.83. The molecule has 1 saturated heterocycles. The maximum absolute atomic E-state index is 11.6. The Morgan fingerprint density at radius 1 is 1.17 bits per heavy atom. The number of unbranched alkanes of at least 4 members (excludes halogenated alkanes) is 1. The third-order valence-corrected chi connectivity index (χ3v) is 6.69. The molecule has 1 aromatic rings. The van der Waals surface area contributed by atoms with Crippen LogP contribution in [0.4, 0.5) is 0 Å². The predicted octanol–water partition coefficient (Wildman–Crippen LogP) is 3.76. The second kappa shape index (κ2) is 10.4. The van der Waals surface area contributed by atoms with Gasteiger partial charge in [-0.3, -0.25) is 0 Å². The monoisotopic (exact) mass is 399 g/mol. The van der Waals surface area contributed by atoms with Crippen LogP contribution in [0.15, 0.2) is 18.2 Å². The van der Waals surface area contributed by atoms with Gasteiger partial charge >= 0.3 is 0 Å². The highest BCUT2D eigenvalue weighted by atomic mass is 16.5. The van der Waals surface area contributed by atoms with Crippen molar-refractivity contribution in [2.24, 2.45) is 0 Å². The number of nitriles is 1. The average Bonchev–Trinajstić information content (AvgIpc) is 2.74. The summed E-state index contributed by atoms with van der Waals surface area (Å²) in [5.41, 5.74) is 0.980. The van der Waals surface area contributed by atoms with E-state index in [1.807, 2.05) is 12.1 Å². The van der Waals surface area contributed by atoms with Crippen LogP contribution >= 0.6 is 0 Å². The molecule has 0 bridgehead atoms. The molecule has 3 rings (SSSR count). The minimum Gasteiger partial charge on any atom is -0.492 e. The van der Waals surface area contributed by atoms with E-state index in [1.54, 1.807) is 0 Å². The first-order valence-corrected chi connectivity index (χ1v) is 11.4. The molecular weight excluding hydrogens is 362 g/mol. The van der Waals surface area contributed by atoms with E-state index in [0.29, 0.717) is 17.9 Å². The van der Waals surface area contributed by atoms with Crippen LogP contribution in [0.1, 0.15) is 68.9 Å². The van der Waals surface area contributed by atoms with E-state index >= 15 is 0 Å². The van der Waals surface area contributed by atoms with Gasteiger partial charge in [0.1, 0.15) is 11.8 Å². The summed E-state index contributed by atoms with van der Waals surface area (Å²) >= 11 is 0. The maximum Gasteiger partial charge on any atom is 0.137 e. The fraction of sp³-hybridized carbons (Fsp3) is 0.708. The molecule has 5 heteroatoms. The fourth-order valence-electron chi connectivity index (χ4n) is 4.69. The number of aliphatic hydroxyl groups is 1. The lowest BCUT2D eigenvalue weighted by molar-refractivity contribution is -0.0337. The smallest absolute Gasteiger partial charge is 0.137 e. The topological polar surface area (TPSA) is 59.7 Å². The van der Waals surface area contributed by atoms with Gasteiger partial charge in [-0.15, -0.1) is 0 Å². The molecular formula is C24H37N3O2. The number of likely N-dealkylation sites (N-methyl/N-ethyl adjacent to an activating group) is 1. The van der Waals surface area contributed by atoms with Crippen LogP contribution in [0, 0.1) is 11.3 Å². The van der Waals surface area contributed by atoms with E-state index < -0.39 is 5.60 Å². The van der Waals surface area contributed by atoms with Crippen molar-refractivity contribution in [2.45, 2.75) is 63.4 Å². The van der Waals surface area contributed by atoms with Crippen LogP contribution in [-0.4, -0.2) is 66.9 Å². The van der Waals surface area contributed by atoms with Gasteiger partial charge in [0.15, 0.2) is 0 Å². The van der Waals surface area contributed by atoms with E-state index in [-0.39, 0.29) is 5.92 Å². The van der Waals surface area contributed by atoms with Gasteiger partial charge in [-0.1, -0.05) is 38.7 Å². The Kier molecular flexibility index (Phi) is 7.94. The molecule has 1 aromatic carbocycles. The molecule has 1 N–H and O–H groups in total. The van der Waals surface area contributed by atoms with Gasteiger partial charge in [0.2, 0.25) is 0 Å². The first kappa shape index (κ1) is 22.1. The van der Waals surface area contributed by atoms with Crippen molar-refractivity contribution in [2.75, 3.05) is 46.4 Å². The zero-order valence-electron chi connectivity index (χ0n) is 18.2. The third-order valence-electron chi connectivity index (χ3n) is 6.69. The first-order chi connectivity index (χ1) is 14.1. The zero-order chi connectivity index (χ0) is 20.7. The highest BCUT2D eigenvalue weighted by Crippen LogP contribution is 2.41. The lowest BCUT2D eigenvalue weighted by Crippen LogP contribution is -2.50. The number of hydrogen-bond donors (Lipinski definition) is 1. The van der Waals surface area contributed by atoms with Gasteiger partial charge in [0.25, 0.3) is 0 Å². The average molecular weight is 400 g/mol. The molecule has 2 fully saturated rings. The normalized spacial score (nSPS) is 21.4. The summed E-state index contributed by atoms with van der Waals surface area (Å²) in [6.07, 6.45) is 7.12. The maximum atomic E-state index is 11.6. The Morgan fingerprint density at radius 3 is 2.55 bits per heavy atom. The van der Waals surface area contributed by atoms with E-state index in [9.17, 15) is 10.4 Å². The number of nitrogens with zero attached hydrogens (tertiary/aromatic N) is 3. The summed E-state index contributed by atoms with van der Waals surface area (Å²) in [7, 11) is 2.17. The standard InChI is InChI=1S/C24H37N3O2/c1-3-4-16-29-23-9-8-20(17-21(23)18-25)22(24(28)10-6-5-7-11-24)19-27-14-12-26(2)13-15-27/h8-9,17,22,28H,3-7,10-16,19H2,1-2H3.